The molecule has 0 aromatic carbocycles. The number of aromatic nitrogens is 3. The Kier molecular flexibility index (Phi) is 3.15. The minimum atomic E-state index is -1.07. The Bertz CT molecular complexity index is 547. The molecular formula is C10H7ClN4O2. The summed E-state index contributed by atoms with van der Waals surface area (Å²) < 4.78 is 0. The molecule has 2 aromatic rings. The Hall–Kier alpha value is -2.21. The molecule has 2 heterocycles. The van der Waals surface area contributed by atoms with Gasteiger partial charge in [-0.05, 0) is 12.1 Å². The molecule has 0 spiro atoms. The number of rotatable bonds is 3. The fourth-order valence-electron chi connectivity index (χ4n) is 1.20. The Morgan fingerprint density at radius 3 is 2.65 bits per heavy atom. The summed E-state index contributed by atoms with van der Waals surface area (Å²) in [5, 5.41) is 11.8. The van der Waals surface area contributed by atoms with Crippen LogP contribution in [-0.4, -0.2) is 26.0 Å². The second kappa shape index (κ2) is 4.75. The van der Waals surface area contributed by atoms with Crippen molar-refractivity contribution in [2.75, 3.05) is 5.32 Å². The van der Waals surface area contributed by atoms with E-state index in [9.17, 15) is 4.79 Å². The SMILES string of the molecule is O=C(O)c1cc(Cl)nc(Nc2cncnc2)c1. The van der Waals surface area contributed by atoms with Crippen LogP contribution >= 0.6 is 11.6 Å². The van der Waals surface area contributed by atoms with Crippen molar-refractivity contribution in [1.29, 1.82) is 0 Å². The van der Waals surface area contributed by atoms with Gasteiger partial charge >= 0.3 is 5.97 Å². The molecule has 17 heavy (non-hydrogen) atoms. The monoisotopic (exact) mass is 250 g/mol. The normalized spacial score (nSPS) is 9.94. The van der Waals surface area contributed by atoms with Crippen LogP contribution in [0.25, 0.3) is 0 Å². The molecule has 6 nitrogen and oxygen atoms in total. The van der Waals surface area contributed by atoms with Gasteiger partial charge in [0.1, 0.15) is 17.3 Å². The third kappa shape index (κ3) is 2.88. The molecule has 0 bridgehead atoms. The summed E-state index contributed by atoms with van der Waals surface area (Å²) >= 11 is 5.71. The molecule has 2 aromatic heterocycles. The molecule has 0 aliphatic rings. The zero-order valence-electron chi connectivity index (χ0n) is 8.46. The Balaban J connectivity index is 2.30. The minimum absolute atomic E-state index is 0.0596. The fourth-order valence-corrected chi connectivity index (χ4v) is 1.40. The van der Waals surface area contributed by atoms with Gasteiger partial charge in [-0.15, -0.1) is 0 Å². The maximum absolute atomic E-state index is 10.8. The van der Waals surface area contributed by atoms with E-state index in [-0.39, 0.29) is 10.7 Å². The third-order valence-corrected chi connectivity index (χ3v) is 2.07. The predicted octanol–water partition coefficient (Wildman–Crippen LogP) is 1.97. The highest BCUT2D eigenvalue weighted by Crippen LogP contribution is 2.17. The standard InChI is InChI=1S/C10H7ClN4O2/c11-8-1-6(10(16)17)2-9(15-8)14-7-3-12-5-13-4-7/h1-5H,(H,14,15)(H,16,17). The summed E-state index contributed by atoms with van der Waals surface area (Å²) in [5.41, 5.74) is 0.656. The van der Waals surface area contributed by atoms with Gasteiger partial charge in [0.25, 0.3) is 0 Å². The summed E-state index contributed by atoms with van der Waals surface area (Å²) in [6.07, 6.45) is 4.46. The van der Waals surface area contributed by atoms with Crippen LogP contribution in [0.3, 0.4) is 0 Å². The third-order valence-electron chi connectivity index (χ3n) is 1.87. The molecule has 0 saturated carbocycles. The smallest absolute Gasteiger partial charge is 0.335 e. The summed E-state index contributed by atoms with van der Waals surface area (Å²) in [6, 6.07) is 2.65. The highest BCUT2D eigenvalue weighted by atomic mass is 35.5. The van der Waals surface area contributed by atoms with Crippen molar-refractivity contribution >= 4 is 29.1 Å². The summed E-state index contributed by atoms with van der Waals surface area (Å²) in [6.45, 7) is 0. The van der Waals surface area contributed by atoms with Crippen molar-refractivity contribution in [1.82, 2.24) is 15.0 Å². The molecule has 0 aliphatic carbocycles. The van der Waals surface area contributed by atoms with E-state index < -0.39 is 5.97 Å². The molecule has 0 fully saturated rings. The second-order valence-corrected chi connectivity index (χ2v) is 3.51. The number of carboxylic acid groups (broad SMARTS) is 1. The van der Waals surface area contributed by atoms with Crippen molar-refractivity contribution in [2.24, 2.45) is 0 Å². The number of halogens is 1. The Morgan fingerprint density at radius 1 is 1.29 bits per heavy atom. The van der Waals surface area contributed by atoms with E-state index in [2.05, 4.69) is 20.3 Å². The van der Waals surface area contributed by atoms with Crippen molar-refractivity contribution in [3.05, 3.63) is 41.6 Å². The first-order valence-corrected chi connectivity index (χ1v) is 4.96. The van der Waals surface area contributed by atoms with Gasteiger partial charge in [-0.3, -0.25) is 0 Å². The number of pyridine rings is 1. The van der Waals surface area contributed by atoms with Crippen LogP contribution in [-0.2, 0) is 0 Å². The van der Waals surface area contributed by atoms with Gasteiger partial charge in [-0.1, -0.05) is 11.6 Å². The molecule has 0 amide bonds. The van der Waals surface area contributed by atoms with Crippen LogP contribution in [0.5, 0.6) is 0 Å². The van der Waals surface area contributed by atoms with Gasteiger partial charge < -0.3 is 10.4 Å². The Labute approximate surface area is 101 Å². The molecule has 2 N–H and O–H groups in total. The number of carboxylic acids is 1. The number of nitrogens with zero attached hydrogens (tertiary/aromatic N) is 3. The second-order valence-electron chi connectivity index (χ2n) is 3.12. The molecule has 86 valence electrons. The number of anilines is 2. The van der Waals surface area contributed by atoms with E-state index in [1.165, 1.54) is 30.9 Å². The molecule has 2 rings (SSSR count). The maximum Gasteiger partial charge on any atom is 0.335 e. The first-order valence-electron chi connectivity index (χ1n) is 4.58. The first kappa shape index (κ1) is 11.3. The number of nitrogens with one attached hydrogen (secondary N) is 1. The van der Waals surface area contributed by atoms with E-state index in [0.717, 1.165) is 0 Å². The topological polar surface area (TPSA) is 88.0 Å². The largest absolute Gasteiger partial charge is 0.478 e. The molecule has 0 aliphatic heterocycles. The molecule has 0 radical (unpaired) electrons. The molecule has 0 unspecified atom stereocenters. The van der Waals surface area contributed by atoms with Crippen LogP contribution in [0.15, 0.2) is 30.9 Å². The van der Waals surface area contributed by atoms with Gasteiger partial charge in [0.2, 0.25) is 0 Å². The van der Waals surface area contributed by atoms with Gasteiger partial charge in [-0.25, -0.2) is 19.7 Å². The zero-order valence-corrected chi connectivity index (χ0v) is 9.22. The maximum atomic E-state index is 10.8. The van der Waals surface area contributed by atoms with Crippen LogP contribution < -0.4 is 5.32 Å². The minimum Gasteiger partial charge on any atom is -0.478 e. The van der Waals surface area contributed by atoms with Crippen molar-refractivity contribution in [3.63, 3.8) is 0 Å². The van der Waals surface area contributed by atoms with Crippen molar-refractivity contribution in [2.45, 2.75) is 0 Å². The molecule has 0 atom stereocenters. The lowest BCUT2D eigenvalue weighted by atomic mass is 10.2. The average Bonchev–Trinajstić information content (AvgIpc) is 2.29. The van der Waals surface area contributed by atoms with E-state index in [1.54, 1.807) is 0 Å². The van der Waals surface area contributed by atoms with Crippen molar-refractivity contribution in [3.8, 4) is 0 Å². The predicted molar refractivity (Wildman–Crippen MR) is 61.5 cm³/mol. The summed E-state index contributed by atoms with van der Waals surface area (Å²) in [7, 11) is 0. The van der Waals surface area contributed by atoms with Crippen LogP contribution in [0.4, 0.5) is 11.5 Å². The highest BCUT2D eigenvalue weighted by Gasteiger charge is 2.07. The molecule has 7 heteroatoms. The zero-order chi connectivity index (χ0) is 12.3. The van der Waals surface area contributed by atoms with E-state index in [1.807, 2.05) is 0 Å². The summed E-state index contributed by atoms with van der Waals surface area (Å²) in [5.74, 6) is -0.744. The number of carbonyl (C=O) groups is 1. The quantitative estimate of drug-likeness (QED) is 0.810. The first-order chi connectivity index (χ1) is 8.15. The molecule has 0 saturated heterocycles. The molecular weight excluding hydrogens is 244 g/mol. The lowest BCUT2D eigenvalue weighted by molar-refractivity contribution is 0.0697. The van der Waals surface area contributed by atoms with Crippen LogP contribution in [0.2, 0.25) is 5.15 Å². The van der Waals surface area contributed by atoms with Crippen LogP contribution in [0, 0.1) is 0 Å². The van der Waals surface area contributed by atoms with Gasteiger partial charge in [0.05, 0.1) is 23.6 Å². The number of hydrogen-bond donors (Lipinski definition) is 2. The highest BCUT2D eigenvalue weighted by molar-refractivity contribution is 6.29. The van der Waals surface area contributed by atoms with Crippen molar-refractivity contribution < 1.29 is 9.90 Å². The van der Waals surface area contributed by atoms with E-state index in [4.69, 9.17) is 16.7 Å². The van der Waals surface area contributed by atoms with Crippen LogP contribution in [0.1, 0.15) is 10.4 Å². The summed E-state index contributed by atoms with van der Waals surface area (Å²) in [4.78, 5) is 22.4. The number of hydrogen-bond acceptors (Lipinski definition) is 5. The Morgan fingerprint density at radius 2 is 2.00 bits per heavy atom. The average molecular weight is 251 g/mol. The van der Waals surface area contributed by atoms with Gasteiger partial charge in [-0.2, -0.15) is 0 Å². The lowest BCUT2D eigenvalue weighted by Crippen LogP contribution is -2.01. The number of aromatic carboxylic acids is 1. The fraction of sp³-hybridized carbons (Fsp3) is 0. The lowest BCUT2D eigenvalue weighted by Gasteiger charge is -2.05. The van der Waals surface area contributed by atoms with E-state index in [0.29, 0.717) is 11.5 Å². The van der Waals surface area contributed by atoms with Gasteiger partial charge in [0.15, 0.2) is 0 Å². The van der Waals surface area contributed by atoms with Gasteiger partial charge in [0, 0.05) is 0 Å². The van der Waals surface area contributed by atoms with E-state index >= 15 is 0 Å².